The lowest BCUT2D eigenvalue weighted by Crippen LogP contribution is -1.96. The lowest BCUT2D eigenvalue weighted by atomic mass is 10.1. The number of hydrogen-bond donors (Lipinski definition) is 1. The summed E-state index contributed by atoms with van der Waals surface area (Å²) >= 11 is 0. The molecule has 2 aromatic rings. The molecule has 0 amide bonds. The zero-order chi connectivity index (χ0) is 11.5. The Morgan fingerprint density at radius 3 is 2.75 bits per heavy atom. The van der Waals surface area contributed by atoms with Gasteiger partial charge in [0.15, 0.2) is 0 Å². The van der Waals surface area contributed by atoms with E-state index in [4.69, 9.17) is 14.9 Å². The molecule has 0 spiro atoms. The van der Waals surface area contributed by atoms with Crippen LogP contribution in [0.5, 0.6) is 5.75 Å². The van der Waals surface area contributed by atoms with Gasteiger partial charge in [-0.15, -0.1) is 0 Å². The maximum absolute atomic E-state index is 5.49. The van der Waals surface area contributed by atoms with Gasteiger partial charge in [0.2, 0.25) is 5.89 Å². The lowest BCUT2D eigenvalue weighted by Gasteiger charge is -2.05. The summed E-state index contributed by atoms with van der Waals surface area (Å²) in [7, 11) is 1.64. The third kappa shape index (κ3) is 1.79. The van der Waals surface area contributed by atoms with Gasteiger partial charge in [-0.1, -0.05) is 12.1 Å². The second-order valence-electron chi connectivity index (χ2n) is 3.42. The first kappa shape index (κ1) is 10.7. The average Bonchev–Trinajstić information content (AvgIpc) is 2.70. The SMILES string of the molecule is COc1ccccc1-c1nc(CN)oc1C. The highest BCUT2D eigenvalue weighted by atomic mass is 16.5. The Hall–Kier alpha value is -1.81. The summed E-state index contributed by atoms with van der Waals surface area (Å²) < 4.78 is 10.7. The minimum atomic E-state index is 0.302. The molecule has 2 rings (SSSR count). The van der Waals surface area contributed by atoms with Gasteiger partial charge in [0.25, 0.3) is 0 Å². The summed E-state index contributed by atoms with van der Waals surface area (Å²) in [5, 5.41) is 0. The predicted octanol–water partition coefficient (Wildman–Crippen LogP) is 2.12. The molecule has 84 valence electrons. The first-order valence-corrected chi connectivity index (χ1v) is 5.06. The molecule has 4 nitrogen and oxygen atoms in total. The number of oxazole rings is 1. The third-order valence-electron chi connectivity index (χ3n) is 2.38. The monoisotopic (exact) mass is 218 g/mol. The number of aryl methyl sites for hydroxylation is 1. The zero-order valence-electron chi connectivity index (χ0n) is 9.36. The summed E-state index contributed by atoms with van der Waals surface area (Å²) in [5.41, 5.74) is 7.21. The Morgan fingerprint density at radius 1 is 1.38 bits per heavy atom. The lowest BCUT2D eigenvalue weighted by molar-refractivity contribution is 0.416. The largest absolute Gasteiger partial charge is 0.496 e. The van der Waals surface area contributed by atoms with E-state index in [1.54, 1.807) is 7.11 Å². The van der Waals surface area contributed by atoms with E-state index in [9.17, 15) is 0 Å². The van der Waals surface area contributed by atoms with Crippen molar-refractivity contribution in [3.05, 3.63) is 35.9 Å². The van der Waals surface area contributed by atoms with E-state index in [1.807, 2.05) is 31.2 Å². The van der Waals surface area contributed by atoms with Gasteiger partial charge in [0.1, 0.15) is 17.2 Å². The van der Waals surface area contributed by atoms with Crippen LogP contribution in [0, 0.1) is 6.92 Å². The molecule has 0 fully saturated rings. The van der Waals surface area contributed by atoms with Gasteiger partial charge in [0, 0.05) is 5.56 Å². The third-order valence-corrected chi connectivity index (χ3v) is 2.38. The van der Waals surface area contributed by atoms with Crippen molar-refractivity contribution >= 4 is 0 Å². The fraction of sp³-hybridized carbons (Fsp3) is 0.250. The van der Waals surface area contributed by atoms with E-state index >= 15 is 0 Å². The Balaban J connectivity index is 2.53. The summed E-state index contributed by atoms with van der Waals surface area (Å²) in [4.78, 5) is 4.34. The minimum Gasteiger partial charge on any atom is -0.496 e. The average molecular weight is 218 g/mol. The van der Waals surface area contributed by atoms with Crippen LogP contribution < -0.4 is 10.5 Å². The van der Waals surface area contributed by atoms with E-state index in [1.165, 1.54) is 0 Å². The fourth-order valence-electron chi connectivity index (χ4n) is 1.63. The molecule has 0 aliphatic carbocycles. The van der Waals surface area contributed by atoms with Gasteiger partial charge in [-0.25, -0.2) is 4.98 Å². The standard InChI is InChI=1S/C12H14N2O2/c1-8-12(14-11(7-13)16-8)9-5-3-4-6-10(9)15-2/h3-6H,7,13H2,1-2H3. The van der Waals surface area contributed by atoms with Gasteiger partial charge in [-0.3, -0.25) is 0 Å². The number of ether oxygens (including phenoxy) is 1. The molecule has 1 aromatic heterocycles. The molecule has 16 heavy (non-hydrogen) atoms. The maximum Gasteiger partial charge on any atom is 0.208 e. The normalized spacial score (nSPS) is 10.4. The molecule has 1 aromatic carbocycles. The smallest absolute Gasteiger partial charge is 0.208 e. The van der Waals surface area contributed by atoms with Crippen LogP contribution in [0.15, 0.2) is 28.7 Å². The van der Waals surface area contributed by atoms with Gasteiger partial charge >= 0.3 is 0 Å². The van der Waals surface area contributed by atoms with Crippen molar-refractivity contribution in [3.63, 3.8) is 0 Å². The fourth-order valence-corrected chi connectivity index (χ4v) is 1.63. The van der Waals surface area contributed by atoms with Crippen LogP contribution in [0.25, 0.3) is 11.3 Å². The molecule has 0 bridgehead atoms. The highest BCUT2D eigenvalue weighted by Gasteiger charge is 2.14. The summed E-state index contributed by atoms with van der Waals surface area (Å²) in [6, 6.07) is 7.70. The number of nitrogens with two attached hydrogens (primary N) is 1. The van der Waals surface area contributed by atoms with Crippen LogP contribution in [0.4, 0.5) is 0 Å². The molecule has 0 atom stereocenters. The number of para-hydroxylation sites is 1. The highest BCUT2D eigenvalue weighted by Crippen LogP contribution is 2.31. The van der Waals surface area contributed by atoms with Gasteiger partial charge in [0.05, 0.1) is 13.7 Å². The number of benzene rings is 1. The number of rotatable bonds is 3. The molecular weight excluding hydrogens is 204 g/mol. The maximum atomic E-state index is 5.49. The van der Waals surface area contributed by atoms with Crippen LogP contribution in [-0.4, -0.2) is 12.1 Å². The second-order valence-corrected chi connectivity index (χ2v) is 3.42. The van der Waals surface area contributed by atoms with Gasteiger partial charge in [-0.05, 0) is 19.1 Å². The number of methoxy groups -OCH3 is 1. The molecule has 0 aliphatic rings. The summed E-state index contributed by atoms with van der Waals surface area (Å²) in [6.07, 6.45) is 0. The molecule has 0 saturated heterocycles. The Labute approximate surface area is 94.1 Å². The Bertz CT molecular complexity index is 492. The highest BCUT2D eigenvalue weighted by molar-refractivity contribution is 5.68. The predicted molar refractivity (Wildman–Crippen MR) is 61.1 cm³/mol. The molecule has 0 aliphatic heterocycles. The van der Waals surface area contributed by atoms with Crippen molar-refractivity contribution in [1.29, 1.82) is 0 Å². The minimum absolute atomic E-state index is 0.302. The van der Waals surface area contributed by atoms with E-state index in [-0.39, 0.29) is 0 Å². The molecule has 2 N–H and O–H groups in total. The van der Waals surface area contributed by atoms with Crippen LogP contribution >= 0.6 is 0 Å². The molecular formula is C12H14N2O2. The van der Waals surface area contributed by atoms with Crippen LogP contribution in [0.2, 0.25) is 0 Å². The number of aromatic nitrogens is 1. The van der Waals surface area contributed by atoms with Crippen molar-refractivity contribution < 1.29 is 9.15 Å². The summed E-state index contributed by atoms with van der Waals surface area (Å²) in [5.74, 6) is 2.07. The molecule has 1 heterocycles. The van der Waals surface area contributed by atoms with Crippen LogP contribution in [0.3, 0.4) is 0 Å². The number of hydrogen-bond acceptors (Lipinski definition) is 4. The van der Waals surface area contributed by atoms with E-state index in [2.05, 4.69) is 4.98 Å². The Kier molecular flexibility index (Phi) is 2.92. The zero-order valence-corrected chi connectivity index (χ0v) is 9.36. The first-order chi connectivity index (χ1) is 7.76. The van der Waals surface area contributed by atoms with Crippen molar-refractivity contribution in [3.8, 4) is 17.0 Å². The van der Waals surface area contributed by atoms with E-state index < -0.39 is 0 Å². The second kappa shape index (κ2) is 4.37. The molecule has 0 saturated carbocycles. The van der Waals surface area contributed by atoms with Crippen molar-refractivity contribution in [2.45, 2.75) is 13.5 Å². The topological polar surface area (TPSA) is 61.3 Å². The molecule has 0 unspecified atom stereocenters. The van der Waals surface area contributed by atoms with Gasteiger partial charge < -0.3 is 14.9 Å². The van der Waals surface area contributed by atoms with E-state index in [0.29, 0.717) is 12.4 Å². The van der Waals surface area contributed by atoms with Crippen molar-refractivity contribution in [2.24, 2.45) is 5.73 Å². The van der Waals surface area contributed by atoms with Crippen molar-refractivity contribution in [1.82, 2.24) is 4.98 Å². The van der Waals surface area contributed by atoms with E-state index in [0.717, 1.165) is 22.8 Å². The number of nitrogens with zero attached hydrogens (tertiary/aromatic N) is 1. The van der Waals surface area contributed by atoms with Gasteiger partial charge in [-0.2, -0.15) is 0 Å². The van der Waals surface area contributed by atoms with Crippen LogP contribution in [-0.2, 0) is 6.54 Å². The Morgan fingerprint density at radius 2 is 2.12 bits per heavy atom. The van der Waals surface area contributed by atoms with Crippen molar-refractivity contribution in [2.75, 3.05) is 7.11 Å². The summed E-state index contributed by atoms with van der Waals surface area (Å²) in [6.45, 7) is 2.17. The molecule has 4 heteroatoms. The quantitative estimate of drug-likeness (QED) is 0.857. The first-order valence-electron chi connectivity index (χ1n) is 5.06. The van der Waals surface area contributed by atoms with Crippen LogP contribution in [0.1, 0.15) is 11.7 Å². The molecule has 0 radical (unpaired) electrons.